The van der Waals surface area contributed by atoms with Gasteiger partial charge in [0.05, 0.1) is 11.7 Å². The first-order valence-electron chi connectivity index (χ1n) is 6.23. The van der Waals surface area contributed by atoms with E-state index in [0.717, 1.165) is 19.5 Å². The molecule has 3 nitrogen and oxygen atoms in total. The fourth-order valence-electron chi connectivity index (χ4n) is 2.27. The molecule has 98 valence electrons. The van der Waals surface area contributed by atoms with Gasteiger partial charge in [0, 0.05) is 33.2 Å². The van der Waals surface area contributed by atoms with Gasteiger partial charge in [-0.05, 0) is 18.6 Å². The molecular weight excluding hydrogens is 233 g/mol. The van der Waals surface area contributed by atoms with E-state index in [1.807, 2.05) is 0 Å². The number of ether oxygens (including phenoxy) is 1. The highest BCUT2D eigenvalue weighted by Gasteiger charge is 2.22. The first kappa shape index (κ1) is 13.2. The molecule has 1 atom stereocenters. The van der Waals surface area contributed by atoms with Gasteiger partial charge in [-0.2, -0.15) is 0 Å². The summed E-state index contributed by atoms with van der Waals surface area (Å²) in [4.78, 5) is 14.1. The van der Waals surface area contributed by atoms with E-state index in [0.29, 0.717) is 13.0 Å². The number of ketones is 1. The minimum absolute atomic E-state index is 0.131. The van der Waals surface area contributed by atoms with Gasteiger partial charge in [-0.3, -0.25) is 4.79 Å². The van der Waals surface area contributed by atoms with Crippen molar-refractivity contribution < 1.29 is 13.9 Å². The molecule has 18 heavy (non-hydrogen) atoms. The van der Waals surface area contributed by atoms with Crippen molar-refractivity contribution in [3.63, 3.8) is 0 Å². The quantitative estimate of drug-likeness (QED) is 0.751. The number of halogens is 1. The fourth-order valence-corrected chi connectivity index (χ4v) is 2.27. The Morgan fingerprint density at radius 3 is 2.94 bits per heavy atom. The number of rotatable bonds is 5. The van der Waals surface area contributed by atoms with Gasteiger partial charge in [0.1, 0.15) is 5.82 Å². The summed E-state index contributed by atoms with van der Waals surface area (Å²) in [5.74, 6) is -0.562. The number of carbonyl (C=O) groups is 1. The van der Waals surface area contributed by atoms with Crippen LogP contribution in [0.1, 0.15) is 23.2 Å². The van der Waals surface area contributed by atoms with Crippen molar-refractivity contribution in [3.8, 4) is 0 Å². The number of hydrogen-bond donors (Lipinski definition) is 0. The molecule has 1 aliphatic heterocycles. The third kappa shape index (κ3) is 3.15. The molecule has 0 bridgehead atoms. The largest absolute Gasteiger partial charge is 0.380 e. The number of carbonyl (C=O) groups excluding carboxylic acids is 1. The number of nitrogens with zero attached hydrogens (tertiary/aromatic N) is 1. The molecule has 2 rings (SSSR count). The fraction of sp³-hybridized carbons (Fsp3) is 0.500. The SMILES string of the molecule is COC1CCN(CCC(=O)c2ccccc2F)C1. The van der Waals surface area contributed by atoms with Gasteiger partial charge >= 0.3 is 0 Å². The molecule has 1 heterocycles. The van der Waals surface area contributed by atoms with Crippen LogP contribution in [-0.2, 0) is 4.74 Å². The van der Waals surface area contributed by atoms with Crippen molar-refractivity contribution in [3.05, 3.63) is 35.6 Å². The first-order chi connectivity index (χ1) is 8.70. The maximum atomic E-state index is 13.4. The second kappa shape index (κ2) is 6.07. The van der Waals surface area contributed by atoms with Crippen LogP contribution in [0.15, 0.2) is 24.3 Å². The highest BCUT2D eigenvalue weighted by molar-refractivity contribution is 5.96. The first-order valence-corrected chi connectivity index (χ1v) is 6.23. The van der Waals surface area contributed by atoms with E-state index in [1.165, 1.54) is 6.07 Å². The van der Waals surface area contributed by atoms with E-state index in [9.17, 15) is 9.18 Å². The second-order valence-electron chi connectivity index (χ2n) is 4.60. The van der Waals surface area contributed by atoms with Crippen LogP contribution in [0.4, 0.5) is 4.39 Å². The molecule has 0 N–H and O–H groups in total. The van der Waals surface area contributed by atoms with Gasteiger partial charge in [-0.15, -0.1) is 0 Å². The Balaban J connectivity index is 1.84. The number of benzene rings is 1. The monoisotopic (exact) mass is 251 g/mol. The van der Waals surface area contributed by atoms with E-state index < -0.39 is 5.82 Å². The van der Waals surface area contributed by atoms with Gasteiger partial charge in [0.2, 0.25) is 0 Å². The van der Waals surface area contributed by atoms with E-state index in [1.54, 1.807) is 25.3 Å². The van der Waals surface area contributed by atoms with Crippen LogP contribution in [0.3, 0.4) is 0 Å². The third-order valence-corrected chi connectivity index (χ3v) is 3.39. The zero-order chi connectivity index (χ0) is 13.0. The molecule has 1 aromatic carbocycles. The lowest BCUT2D eigenvalue weighted by molar-refractivity contribution is 0.0940. The lowest BCUT2D eigenvalue weighted by Gasteiger charge is -2.14. The minimum atomic E-state index is -0.432. The predicted molar refractivity (Wildman–Crippen MR) is 67.2 cm³/mol. The van der Waals surface area contributed by atoms with E-state index in [4.69, 9.17) is 4.74 Å². The summed E-state index contributed by atoms with van der Waals surface area (Å²) in [5.41, 5.74) is 0.194. The van der Waals surface area contributed by atoms with Crippen LogP contribution >= 0.6 is 0 Å². The Morgan fingerprint density at radius 1 is 1.50 bits per heavy atom. The topological polar surface area (TPSA) is 29.5 Å². The second-order valence-corrected chi connectivity index (χ2v) is 4.60. The summed E-state index contributed by atoms with van der Waals surface area (Å²) >= 11 is 0. The zero-order valence-corrected chi connectivity index (χ0v) is 10.6. The van der Waals surface area contributed by atoms with Gasteiger partial charge in [0.15, 0.2) is 5.78 Å². The highest BCUT2D eigenvalue weighted by atomic mass is 19.1. The third-order valence-electron chi connectivity index (χ3n) is 3.39. The van der Waals surface area contributed by atoms with Gasteiger partial charge in [-0.1, -0.05) is 12.1 Å². The Hall–Kier alpha value is -1.26. The summed E-state index contributed by atoms with van der Waals surface area (Å²) < 4.78 is 18.7. The molecular formula is C14H18FNO2. The molecule has 0 aliphatic carbocycles. The Bertz CT molecular complexity index is 422. The molecule has 1 unspecified atom stereocenters. The van der Waals surface area contributed by atoms with E-state index in [-0.39, 0.29) is 17.5 Å². The lowest BCUT2D eigenvalue weighted by Crippen LogP contribution is -2.25. The number of likely N-dealkylation sites (tertiary alicyclic amines) is 1. The molecule has 1 fully saturated rings. The maximum Gasteiger partial charge on any atom is 0.167 e. The van der Waals surface area contributed by atoms with Crippen molar-refractivity contribution in [2.45, 2.75) is 18.9 Å². The van der Waals surface area contributed by atoms with Crippen molar-refractivity contribution in [1.29, 1.82) is 0 Å². The normalized spacial score (nSPS) is 20.2. The Labute approximate surface area is 107 Å². The van der Waals surface area contributed by atoms with Crippen LogP contribution in [0, 0.1) is 5.82 Å². The van der Waals surface area contributed by atoms with E-state index >= 15 is 0 Å². The zero-order valence-electron chi connectivity index (χ0n) is 10.6. The lowest BCUT2D eigenvalue weighted by atomic mass is 10.1. The van der Waals surface area contributed by atoms with Gasteiger partial charge in [0.25, 0.3) is 0 Å². The number of hydrogen-bond acceptors (Lipinski definition) is 3. The standard InChI is InChI=1S/C14H18FNO2/c1-18-11-6-8-16(10-11)9-7-14(17)12-4-2-3-5-13(12)15/h2-5,11H,6-10H2,1H3. The highest BCUT2D eigenvalue weighted by Crippen LogP contribution is 2.14. The average molecular weight is 251 g/mol. The van der Waals surface area contributed by atoms with Crippen molar-refractivity contribution >= 4 is 5.78 Å². The summed E-state index contributed by atoms with van der Waals surface area (Å²) in [5, 5.41) is 0. The average Bonchev–Trinajstić information content (AvgIpc) is 2.84. The molecule has 0 radical (unpaired) electrons. The van der Waals surface area contributed by atoms with Crippen LogP contribution in [-0.4, -0.2) is 43.5 Å². The van der Waals surface area contributed by atoms with Crippen molar-refractivity contribution in [2.75, 3.05) is 26.7 Å². The summed E-state index contributed by atoms with van der Waals surface area (Å²) in [6, 6.07) is 6.15. The molecule has 4 heteroatoms. The van der Waals surface area contributed by atoms with E-state index in [2.05, 4.69) is 4.90 Å². The minimum Gasteiger partial charge on any atom is -0.380 e. The Kier molecular flexibility index (Phi) is 4.44. The molecule has 0 spiro atoms. The van der Waals surface area contributed by atoms with Crippen LogP contribution in [0.5, 0.6) is 0 Å². The Morgan fingerprint density at radius 2 is 2.28 bits per heavy atom. The van der Waals surface area contributed by atoms with Gasteiger partial charge < -0.3 is 9.64 Å². The van der Waals surface area contributed by atoms with Crippen LogP contribution < -0.4 is 0 Å². The summed E-state index contributed by atoms with van der Waals surface area (Å²) in [6.45, 7) is 2.48. The summed E-state index contributed by atoms with van der Waals surface area (Å²) in [6.07, 6.45) is 1.63. The smallest absolute Gasteiger partial charge is 0.167 e. The van der Waals surface area contributed by atoms with Gasteiger partial charge in [-0.25, -0.2) is 4.39 Å². The molecule has 1 aromatic rings. The van der Waals surface area contributed by atoms with Crippen molar-refractivity contribution in [1.82, 2.24) is 4.90 Å². The molecule has 0 aromatic heterocycles. The summed E-state index contributed by atoms with van der Waals surface area (Å²) in [7, 11) is 1.71. The van der Waals surface area contributed by atoms with Crippen LogP contribution in [0.25, 0.3) is 0 Å². The molecule has 0 saturated carbocycles. The predicted octanol–water partition coefficient (Wildman–Crippen LogP) is 2.12. The number of Topliss-reactive ketones (excluding diaryl/α,β-unsaturated/α-hetero) is 1. The molecule has 1 aliphatic rings. The molecule has 0 amide bonds. The maximum absolute atomic E-state index is 13.4. The molecule has 1 saturated heterocycles. The number of methoxy groups -OCH3 is 1. The van der Waals surface area contributed by atoms with Crippen LogP contribution in [0.2, 0.25) is 0 Å². The van der Waals surface area contributed by atoms with Crippen molar-refractivity contribution in [2.24, 2.45) is 0 Å².